The quantitative estimate of drug-likeness (QED) is 0.235. The molecule has 0 unspecified atom stereocenters. The molecule has 7 rings (SSSR count). The lowest BCUT2D eigenvalue weighted by Gasteiger charge is -2.25. The second-order valence-electron chi connectivity index (χ2n) is 9.57. The molecule has 186 valence electrons. The summed E-state index contributed by atoms with van der Waals surface area (Å²) in [6.45, 7) is 0. The average Bonchev–Trinajstić information content (AvgIpc) is 3.36. The van der Waals surface area contributed by atoms with Crippen LogP contribution in [0.15, 0.2) is 152 Å². The Kier molecular flexibility index (Phi) is 6.04. The van der Waals surface area contributed by atoms with Gasteiger partial charge in [0.05, 0.1) is 0 Å². The third kappa shape index (κ3) is 4.65. The summed E-state index contributed by atoms with van der Waals surface area (Å²) in [5, 5.41) is 6.18. The van der Waals surface area contributed by atoms with Crippen molar-refractivity contribution in [3.8, 4) is 11.1 Å². The summed E-state index contributed by atoms with van der Waals surface area (Å²) in [4.78, 5) is 2.32. The summed E-state index contributed by atoms with van der Waals surface area (Å²) in [5.74, 6) is 0. The van der Waals surface area contributed by atoms with Gasteiger partial charge in [0, 0.05) is 48.6 Å². The van der Waals surface area contributed by atoms with Crippen molar-refractivity contribution in [1.29, 1.82) is 0 Å². The smallest absolute Gasteiger partial charge is 0.0468 e. The van der Waals surface area contributed by atoms with Crippen LogP contribution in [-0.2, 0) is 0 Å². The lowest BCUT2D eigenvalue weighted by Crippen LogP contribution is -2.09. The van der Waals surface area contributed by atoms with Crippen molar-refractivity contribution in [3.63, 3.8) is 0 Å². The minimum atomic E-state index is 1.08. The number of rotatable bonds is 6. The van der Waals surface area contributed by atoms with Crippen LogP contribution < -0.4 is 10.2 Å². The van der Waals surface area contributed by atoms with Crippen molar-refractivity contribution in [2.24, 2.45) is 0 Å². The van der Waals surface area contributed by atoms with Crippen LogP contribution in [0.25, 0.3) is 31.3 Å². The lowest BCUT2D eigenvalue weighted by atomic mass is 10.1. The van der Waals surface area contributed by atoms with E-state index < -0.39 is 0 Å². The maximum atomic E-state index is 3.62. The highest BCUT2D eigenvalue weighted by Gasteiger charge is 2.14. The molecule has 0 amide bonds. The van der Waals surface area contributed by atoms with E-state index in [1.807, 2.05) is 11.3 Å². The summed E-state index contributed by atoms with van der Waals surface area (Å²) < 4.78 is 2.57. The van der Waals surface area contributed by atoms with Gasteiger partial charge in [-0.25, -0.2) is 0 Å². The Labute approximate surface area is 232 Å². The first kappa shape index (κ1) is 23.3. The fourth-order valence-corrected chi connectivity index (χ4v) is 6.28. The van der Waals surface area contributed by atoms with Crippen molar-refractivity contribution < 1.29 is 0 Å². The topological polar surface area (TPSA) is 15.3 Å². The van der Waals surface area contributed by atoms with Gasteiger partial charge in [-0.05, 0) is 77.9 Å². The van der Waals surface area contributed by atoms with Crippen molar-refractivity contribution >= 4 is 59.9 Å². The van der Waals surface area contributed by atoms with Gasteiger partial charge in [0.15, 0.2) is 0 Å². The molecule has 0 spiro atoms. The van der Waals surface area contributed by atoms with E-state index in [9.17, 15) is 0 Å². The Morgan fingerprint density at radius 3 is 1.77 bits per heavy atom. The number of anilines is 5. The monoisotopic (exact) mass is 518 g/mol. The van der Waals surface area contributed by atoms with E-state index in [4.69, 9.17) is 0 Å². The lowest BCUT2D eigenvalue weighted by molar-refractivity contribution is 1.29. The van der Waals surface area contributed by atoms with Gasteiger partial charge >= 0.3 is 0 Å². The van der Waals surface area contributed by atoms with Crippen molar-refractivity contribution in [3.05, 3.63) is 152 Å². The number of thiophene rings is 1. The molecule has 7 aromatic rings. The van der Waals surface area contributed by atoms with E-state index in [-0.39, 0.29) is 0 Å². The normalized spacial score (nSPS) is 11.1. The van der Waals surface area contributed by atoms with E-state index in [1.54, 1.807) is 0 Å². The molecule has 39 heavy (non-hydrogen) atoms. The van der Waals surface area contributed by atoms with Gasteiger partial charge in [-0.1, -0.05) is 84.9 Å². The average molecular weight is 519 g/mol. The zero-order chi connectivity index (χ0) is 26.0. The van der Waals surface area contributed by atoms with E-state index in [0.29, 0.717) is 0 Å². The van der Waals surface area contributed by atoms with Gasteiger partial charge in [-0.2, -0.15) is 0 Å². The third-order valence-electron chi connectivity index (χ3n) is 7.00. The molecular formula is C36H26N2S. The molecule has 0 atom stereocenters. The molecule has 0 radical (unpaired) electrons. The highest BCUT2D eigenvalue weighted by atomic mass is 32.1. The zero-order valence-electron chi connectivity index (χ0n) is 21.3. The maximum Gasteiger partial charge on any atom is 0.0468 e. The molecule has 0 bridgehead atoms. The van der Waals surface area contributed by atoms with E-state index in [2.05, 4.69) is 162 Å². The van der Waals surface area contributed by atoms with Crippen LogP contribution in [0.4, 0.5) is 28.4 Å². The molecule has 0 aliphatic carbocycles. The van der Waals surface area contributed by atoms with Crippen LogP contribution >= 0.6 is 11.3 Å². The van der Waals surface area contributed by atoms with Crippen LogP contribution in [-0.4, -0.2) is 0 Å². The minimum absolute atomic E-state index is 1.08. The van der Waals surface area contributed by atoms with Gasteiger partial charge in [-0.15, -0.1) is 11.3 Å². The van der Waals surface area contributed by atoms with Crippen LogP contribution in [0.2, 0.25) is 0 Å². The molecule has 1 N–H and O–H groups in total. The number of fused-ring (bicyclic) bond motifs is 3. The summed E-state index contributed by atoms with van der Waals surface area (Å²) in [5.41, 5.74) is 8.04. The first-order chi connectivity index (χ1) is 19.3. The summed E-state index contributed by atoms with van der Waals surface area (Å²) in [6, 6.07) is 53.7. The van der Waals surface area contributed by atoms with Crippen LogP contribution in [0.5, 0.6) is 0 Å². The molecule has 0 aliphatic rings. The Morgan fingerprint density at radius 2 is 1.05 bits per heavy atom. The van der Waals surface area contributed by atoms with Gasteiger partial charge in [-0.3, -0.25) is 0 Å². The predicted octanol–water partition coefficient (Wildman–Crippen LogP) is 10.9. The number of nitrogens with one attached hydrogen (secondary N) is 1. The van der Waals surface area contributed by atoms with Crippen LogP contribution in [0, 0.1) is 0 Å². The van der Waals surface area contributed by atoms with Crippen molar-refractivity contribution in [1.82, 2.24) is 0 Å². The number of nitrogens with zero attached hydrogens (tertiary/aromatic N) is 1. The number of hydrogen-bond donors (Lipinski definition) is 1. The van der Waals surface area contributed by atoms with E-state index >= 15 is 0 Å². The van der Waals surface area contributed by atoms with Crippen LogP contribution in [0.1, 0.15) is 0 Å². The molecule has 6 aromatic carbocycles. The summed E-state index contributed by atoms with van der Waals surface area (Å²) in [6.07, 6.45) is 0. The molecular weight excluding hydrogens is 492 g/mol. The molecule has 1 heterocycles. The third-order valence-corrected chi connectivity index (χ3v) is 8.13. The molecule has 0 saturated heterocycles. The fraction of sp³-hybridized carbons (Fsp3) is 0. The number of benzene rings is 6. The predicted molar refractivity (Wildman–Crippen MR) is 169 cm³/mol. The van der Waals surface area contributed by atoms with Crippen molar-refractivity contribution in [2.75, 3.05) is 10.2 Å². The second kappa shape index (κ2) is 10.1. The maximum absolute atomic E-state index is 3.62. The Morgan fingerprint density at radius 1 is 0.410 bits per heavy atom. The molecule has 0 saturated carbocycles. The zero-order valence-corrected chi connectivity index (χ0v) is 22.1. The van der Waals surface area contributed by atoms with Crippen LogP contribution in [0.3, 0.4) is 0 Å². The highest BCUT2D eigenvalue weighted by molar-refractivity contribution is 7.25. The van der Waals surface area contributed by atoms with Crippen molar-refractivity contribution in [2.45, 2.75) is 0 Å². The second-order valence-corrected chi connectivity index (χ2v) is 10.7. The summed E-state index contributed by atoms with van der Waals surface area (Å²) >= 11 is 1.84. The number of hydrogen-bond acceptors (Lipinski definition) is 3. The molecule has 2 nitrogen and oxygen atoms in total. The summed E-state index contributed by atoms with van der Waals surface area (Å²) in [7, 11) is 0. The largest absolute Gasteiger partial charge is 0.355 e. The van der Waals surface area contributed by atoms with Gasteiger partial charge < -0.3 is 10.2 Å². The van der Waals surface area contributed by atoms with E-state index in [0.717, 1.165) is 28.4 Å². The van der Waals surface area contributed by atoms with Gasteiger partial charge in [0.2, 0.25) is 0 Å². The molecule has 0 aliphatic heterocycles. The Balaban J connectivity index is 1.25. The first-order valence-electron chi connectivity index (χ1n) is 13.1. The molecule has 3 heteroatoms. The number of para-hydroxylation sites is 2. The Hall–Kier alpha value is -4.86. The minimum Gasteiger partial charge on any atom is -0.355 e. The highest BCUT2D eigenvalue weighted by Crippen LogP contribution is 2.41. The fourth-order valence-electron chi connectivity index (χ4n) is 5.16. The molecule has 0 fully saturated rings. The molecule has 1 aromatic heterocycles. The van der Waals surface area contributed by atoms with Gasteiger partial charge in [0.25, 0.3) is 0 Å². The Bertz CT molecular complexity index is 1840. The van der Waals surface area contributed by atoms with Gasteiger partial charge in [0.1, 0.15) is 0 Å². The standard InChI is InChI=1S/C36H26N2S/c1-4-11-26(12-5-1)27-13-10-14-28(23-27)37-29-19-21-33-34-25-32(20-22-35(34)39-36(33)24-29)38(30-15-6-2-7-16-30)31-17-8-3-9-18-31/h1-25,37H. The van der Waals surface area contributed by atoms with E-state index in [1.165, 1.54) is 31.3 Å². The SMILES string of the molecule is c1ccc(-c2cccc(Nc3ccc4c(c3)sc3ccc(N(c5ccccc5)c5ccccc5)cc34)c2)cc1. The first-order valence-corrected chi connectivity index (χ1v) is 13.9.